The highest BCUT2D eigenvalue weighted by molar-refractivity contribution is 6.39. The Kier molecular flexibility index (Phi) is 2.63. The molecule has 0 heterocycles. The van der Waals surface area contributed by atoms with Gasteiger partial charge in [0, 0.05) is 0 Å². The zero-order valence-corrected chi connectivity index (χ0v) is 6.72. The van der Waals surface area contributed by atoms with Crippen LogP contribution in [0.1, 0.15) is 6.92 Å². The van der Waals surface area contributed by atoms with E-state index in [1.54, 1.807) is 0 Å². The van der Waals surface area contributed by atoms with Gasteiger partial charge in [0.1, 0.15) is 0 Å². The van der Waals surface area contributed by atoms with Crippen molar-refractivity contribution >= 4 is 20.4 Å². The van der Waals surface area contributed by atoms with Gasteiger partial charge in [0.2, 0.25) is 0 Å². The molecule has 0 N–H and O–H groups in total. The Balaban J connectivity index is 2.27. The molecule has 0 aliphatic heterocycles. The van der Waals surface area contributed by atoms with Crippen LogP contribution in [0.2, 0.25) is 8.60 Å². The van der Waals surface area contributed by atoms with Crippen molar-refractivity contribution in [1.29, 1.82) is 0 Å². The zero-order valence-electron chi connectivity index (χ0n) is 5.30. The molecule has 0 aromatic heterocycles. The number of allylic oxidation sites excluding steroid dienone is 4. The van der Waals surface area contributed by atoms with Gasteiger partial charge in [-0.2, -0.15) is 0 Å². The monoisotopic (exact) mass is 118 g/mol. The van der Waals surface area contributed by atoms with Gasteiger partial charge >= 0.3 is 20.4 Å². The first kappa shape index (κ1) is 6.37. The average molecular weight is 118 g/mol. The largest absolute Gasteiger partial charge is 0.380 e. The Morgan fingerprint density at radius 2 is 2.00 bits per heavy atom. The summed E-state index contributed by atoms with van der Waals surface area (Å²) in [7, 11) is 0. The van der Waals surface area contributed by atoms with Crippen molar-refractivity contribution in [1.82, 2.24) is 0 Å². The van der Waals surface area contributed by atoms with Gasteiger partial charge in [-0.25, -0.2) is 0 Å². The van der Waals surface area contributed by atoms with Crippen LogP contribution >= 0.6 is 0 Å². The zero-order chi connectivity index (χ0) is 5.82. The quantitative estimate of drug-likeness (QED) is 0.487. The summed E-state index contributed by atoms with van der Waals surface area (Å²) in [6, 6.07) is 0. The van der Waals surface area contributed by atoms with Crippen LogP contribution < -0.4 is 0 Å². The van der Waals surface area contributed by atoms with Gasteiger partial charge in [-0.1, -0.05) is 19.1 Å². The Hall–Kier alpha value is 0.246. The van der Waals surface area contributed by atoms with Gasteiger partial charge in [-0.05, 0) is 0 Å². The maximum absolute atomic E-state index is 2.32. The van der Waals surface area contributed by atoms with Gasteiger partial charge in [-0.15, -0.1) is 20.7 Å². The summed E-state index contributed by atoms with van der Waals surface area (Å²) >= 11 is 0.225. The first-order chi connectivity index (χ1) is 3.93. The molecule has 1 aliphatic rings. The predicted molar refractivity (Wildman–Crippen MR) is 38.3 cm³/mol. The van der Waals surface area contributed by atoms with E-state index in [1.165, 1.54) is 4.55 Å². The summed E-state index contributed by atoms with van der Waals surface area (Å²) in [5, 5.41) is 0. The van der Waals surface area contributed by atoms with Crippen LogP contribution in [0.25, 0.3) is 0 Å². The van der Waals surface area contributed by atoms with Crippen molar-refractivity contribution in [2.24, 2.45) is 0 Å². The molecule has 40 valence electrons. The van der Waals surface area contributed by atoms with Crippen LogP contribution in [0.3, 0.4) is 0 Å². The minimum atomic E-state index is 0.225. The van der Waals surface area contributed by atoms with Crippen LogP contribution in [-0.4, -0.2) is 20.4 Å². The fourth-order valence-corrected chi connectivity index (χ4v) is 2.37. The van der Waals surface area contributed by atoms with E-state index in [2.05, 4.69) is 31.2 Å². The maximum atomic E-state index is 2.32. The maximum Gasteiger partial charge on any atom is 0.380 e. The van der Waals surface area contributed by atoms with Crippen molar-refractivity contribution in [3.05, 3.63) is 24.3 Å². The molecule has 1 aliphatic carbocycles. The van der Waals surface area contributed by atoms with Gasteiger partial charge < -0.3 is 0 Å². The van der Waals surface area contributed by atoms with E-state index in [0.717, 1.165) is 4.05 Å². The molecule has 1 heteroatoms. The summed E-state index contributed by atoms with van der Waals surface area (Å²) in [5.74, 6) is 0. The molecule has 0 bridgehead atoms. The molecule has 0 unspecified atom stereocenters. The van der Waals surface area contributed by atoms with Crippen LogP contribution in [0.4, 0.5) is 0 Å². The first-order valence-corrected chi connectivity index (χ1v) is 5.10. The molecule has 0 saturated carbocycles. The van der Waals surface area contributed by atoms with Gasteiger partial charge in [-0.3, -0.25) is 0 Å². The van der Waals surface area contributed by atoms with Crippen molar-refractivity contribution in [3.8, 4) is 0 Å². The van der Waals surface area contributed by atoms with E-state index in [0.29, 0.717) is 0 Å². The number of rotatable bonds is 2. The SMILES string of the molecule is C[CH2][Mg][CH]1C=CC=C1. The molecule has 0 atom stereocenters. The van der Waals surface area contributed by atoms with Crippen LogP contribution in [-0.2, 0) is 0 Å². The minimum Gasteiger partial charge on any atom is -0.147 e. The second-order valence-electron chi connectivity index (χ2n) is 2.22. The lowest BCUT2D eigenvalue weighted by Crippen LogP contribution is -1.91. The minimum absolute atomic E-state index is 0.225. The lowest BCUT2D eigenvalue weighted by Gasteiger charge is -1.95. The van der Waals surface area contributed by atoms with E-state index in [9.17, 15) is 0 Å². The van der Waals surface area contributed by atoms with Gasteiger partial charge in [0.05, 0.1) is 0 Å². The van der Waals surface area contributed by atoms with E-state index in [4.69, 9.17) is 0 Å². The fourth-order valence-electron chi connectivity index (χ4n) is 1.00. The predicted octanol–water partition coefficient (Wildman–Crippen LogP) is 2.04. The molecule has 0 amide bonds. The van der Waals surface area contributed by atoms with E-state index < -0.39 is 0 Å². The van der Waals surface area contributed by atoms with Crippen molar-refractivity contribution in [2.75, 3.05) is 0 Å². The third-order valence-electron chi connectivity index (χ3n) is 1.45. The molecule has 0 saturated heterocycles. The first-order valence-electron chi connectivity index (χ1n) is 3.28. The normalized spacial score (nSPS) is 17.1. The summed E-state index contributed by atoms with van der Waals surface area (Å²) in [6.07, 6.45) is 8.95. The van der Waals surface area contributed by atoms with Crippen molar-refractivity contribution < 1.29 is 0 Å². The molecule has 0 nitrogen and oxygen atoms in total. The Labute approximate surface area is 60.4 Å². The third-order valence-corrected chi connectivity index (χ3v) is 3.24. The summed E-state index contributed by atoms with van der Waals surface area (Å²) in [5.41, 5.74) is 0. The van der Waals surface area contributed by atoms with E-state index >= 15 is 0 Å². The average Bonchev–Trinajstić information content (AvgIpc) is 2.19. The van der Waals surface area contributed by atoms with Crippen LogP contribution in [0.5, 0.6) is 0 Å². The van der Waals surface area contributed by atoms with Gasteiger partial charge in [0.15, 0.2) is 0 Å². The lowest BCUT2D eigenvalue weighted by molar-refractivity contribution is 1.32. The molecule has 1 rings (SSSR count). The Bertz CT molecular complexity index is 102. The highest BCUT2D eigenvalue weighted by atomic mass is 24.5. The van der Waals surface area contributed by atoms with Crippen LogP contribution in [0, 0.1) is 0 Å². The second kappa shape index (κ2) is 3.31. The Morgan fingerprint density at radius 1 is 1.38 bits per heavy atom. The third kappa shape index (κ3) is 1.64. The lowest BCUT2D eigenvalue weighted by atomic mass is 10.5. The summed E-state index contributed by atoms with van der Waals surface area (Å²) in [6.45, 7) is 2.28. The van der Waals surface area contributed by atoms with Crippen molar-refractivity contribution in [3.63, 3.8) is 0 Å². The smallest absolute Gasteiger partial charge is 0.147 e. The fraction of sp³-hybridized carbons (Fsp3) is 0.429. The van der Waals surface area contributed by atoms with Crippen molar-refractivity contribution in [2.45, 2.75) is 15.5 Å². The standard InChI is InChI=1S/C5H5.C2H5.Mg/c1-2-4-5-3-1;1-2;/h1-5H;1H2,2H3;. The Morgan fingerprint density at radius 3 is 2.50 bits per heavy atom. The van der Waals surface area contributed by atoms with E-state index in [-0.39, 0.29) is 20.4 Å². The van der Waals surface area contributed by atoms with E-state index in [1.807, 2.05) is 0 Å². The molecule has 0 aromatic carbocycles. The molecule has 0 radical (unpaired) electrons. The highest BCUT2D eigenvalue weighted by Gasteiger charge is 2.03. The van der Waals surface area contributed by atoms with Gasteiger partial charge in [0.25, 0.3) is 0 Å². The molecule has 8 heavy (non-hydrogen) atoms. The second-order valence-corrected chi connectivity index (χ2v) is 4.74. The number of hydrogen-bond donors (Lipinski definition) is 0. The highest BCUT2D eigenvalue weighted by Crippen LogP contribution is 2.14. The number of hydrogen-bond acceptors (Lipinski definition) is 0. The summed E-state index contributed by atoms with van der Waals surface area (Å²) in [4.78, 5) is 0. The van der Waals surface area contributed by atoms with Crippen LogP contribution in [0.15, 0.2) is 24.3 Å². The molecular formula is C7H10Mg. The topological polar surface area (TPSA) is 0 Å². The summed E-state index contributed by atoms with van der Waals surface area (Å²) < 4.78 is 2.32. The molecule has 0 spiro atoms. The molecular weight excluding hydrogens is 108 g/mol. The molecule has 0 fully saturated rings. The molecule has 0 aromatic rings.